The first kappa shape index (κ1) is 13.3. The van der Waals surface area contributed by atoms with Crippen LogP contribution in [0.15, 0.2) is 16.7 Å². The van der Waals surface area contributed by atoms with E-state index in [1.807, 2.05) is 17.9 Å². The molecule has 0 bridgehead atoms. The third-order valence-electron chi connectivity index (χ3n) is 2.94. The number of esters is 1. The molecule has 0 saturated carbocycles. The van der Waals surface area contributed by atoms with Crippen LogP contribution in [0.2, 0.25) is 0 Å². The smallest absolute Gasteiger partial charge is 0.330 e. The van der Waals surface area contributed by atoms with E-state index < -0.39 is 6.04 Å². The van der Waals surface area contributed by atoms with Gasteiger partial charge in [-0.2, -0.15) is 0 Å². The summed E-state index contributed by atoms with van der Waals surface area (Å²) in [5.74, 6) is 0.457. The van der Waals surface area contributed by atoms with Crippen molar-refractivity contribution in [2.45, 2.75) is 13.0 Å². The van der Waals surface area contributed by atoms with Gasteiger partial charge in [0.2, 0.25) is 0 Å². The molecule has 0 amide bonds. The van der Waals surface area contributed by atoms with Gasteiger partial charge in [0, 0.05) is 12.7 Å². The first-order valence-corrected chi connectivity index (χ1v) is 6.47. The molecule has 1 aliphatic heterocycles. The fourth-order valence-electron chi connectivity index (χ4n) is 1.91. The summed E-state index contributed by atoms with van der Waals surface area (Å²) in [6.07, 6.45) is 1.74. The van der Waals surface area contributed by atoms with Crippen LogP contribution < -0.4 is 4.90 Å². The van der Waals surface area contributed by atoms with Crippen molar-refractivity contribution in [1.82, 2.24) is 4.98 Å². The van der Waals surface area contributed by atoms with E-state index in [2.05, 4.69) is 20.9 Å². The Labute approximate surface area is 114 Å². The number of nitrogens with zero attached hydrogens (tertiary/aromatic N) is 2. The van der Waals surface area contributed by atoms with Gasteiger partial charge >= 0.3 is 5.97 Å². The molecule has 1 aromatic heterocycles. The third kappa shape index (κ3) is 2.49. The molecule has 18 heavy (non-hydrogen) atoms. The van der Waals surface area contributed by atoms with Crippen molar-refractivity contribution < 1.29 is 14.3 Å². The number of morpholine rings is 1. The first-order chi connectivity index (χ1) is 8.65. The Morgan fingerprint density at radius 2 is 2.44 bits per heavy atom. The van der Waals surface area contributed by atoms with Gasteiger partial charge in [-0.3, -0.25) is 0 Å². The fourth-order valence-corrected chi connectivity index (χ4v) is 2.38. The number of rotatable bonds is 2. The van der Waals surface area contributed by atoms with Crippen molar-refractivity contribution in [2.75, 3.05) is 31.8 Å². The molecule has 0 spiro atoms. The number of hydrogen-bond donors (Lipinski definition) is 0. The summed E-state index contributed by atoms with van der Waals surface area (Å²) in [7, 11) is 1.38. The van der Waals surface area contributed by atoms with Crippen molar-refractivity contribution in [3.63, 3.8) is 0 Å². The molecule has 0 N–H and O–H groups in total. The number of hydrogen-bond acceptors (Lipinski definition) is 5. The molecule has 1 atom stereocenters. The second-order valence-electron chi connectivity index (χ2n) is 4.07. The van der Waals surface area contributed by atoms with Gasteiger partial charge in [-0.25, -0.2) is 9.78 Å². The lowest BCUT2D eigenvalue weighted by molar-refractivity contribution is -0.144. The van der Waals surface area contributed by atoms with Crippen LogP contribution in [0, 0.1) is 6.92 Å². The van der Waals surface area contributed by atoms with Gasteiger partial charge in [0.15, 0.2) is 6.04 Å². The van der Waals surface area contributed by atoms with E-state index in [0.29, 0.717) is 19.8 Å². The van der Waals surface area contributed by atoms with Gasteiger partial charge in [0.1, 0.15) is 5.82 Å². The van der Waals surface area contributed by atoms with Crippen LogP contribution in [0.25, 0.3) is 0 Å². The summed E-state index contributed by atoms with van der Waals surface area (Å²) < 4.78 is 11.1. The highest BCUT2D eigenvalue weighted by Crippen LogP contribution is 2.29. The molecule has 6 heteroatoms. The maximum absolute atomic E-state index is 11.8. The van der Waals surface area contributed by atoms with Gasteiger partial charge in [-0.05, 0) is 34.5 Å². The van der Waals surface area contributed by atoms with Gasteiger partial charge in [-0.1, -0.05) is 0 Å². The van der Waals surface area contributed by atoms with E-state index in [9.17, 15) is 4.79 Å². The third-order valence-corrected chi connectivity index (χ3v) is 3.92. The number of methoxy groups -OCH3 is 1. The van der Waals surface area contributed by atoms with Gasteiger partial charge in [0.25, 0.3) is 0 Å². The number of aromatic nitrogens is 1. The predicted octanol–water partition coefficient (Wildman–Crippen LogP) is 1.53. The second kappa shape index (κ2) is 5.67. The van der Waals surface area contributed by atoms with Crippen LogP contribution in [0.4, 0.5) is 5.82 Å². The van der Waals surface area contributed by atoms with Gasteiger partial charge in [0.05, 0.1) is 24.8 Å². The van der Waals surface area contributed by atoms with E-state index in [4.69, 9.17) is 9.47 Å². The highest BCUT2D eigenvalue weighted by molar-refractivity contribution is 9.10. The molecule has 1 fully saturated rings. The van der Waals surface area contributed by atoms with Crippen molar-refractivity contribution >= 4 is 27.7 Å². The molecule has 1 aromatic rings. The number of anilines is 1. The number of halogens is 1. The zero-order valence-corrected chi connectivity index (χ0v) is 11.9. The summed E-state index contributed by atoms with van der Waals surface area (Å²) in [5, 5.41) is 0. The highest BCUT2D eigenvalue weighted by atomic mass is 79.9. The van der Waals surface area contributed by atoms with E-state index in [1.165, 1.54) is 7.11 Å². The van der Waals surface area contributed by atoms with Crippen molar-refractivity contribution in [3.8, 4) is 0 Å². The topological polar surface area (TPSA) is 51.7 Å². The molecule has 0 aliphatic carbocycles. The van der Waals surface area contributed by atoms with E-state index >= 15 is 0 Å². The quantitative estimate of drug-likeness (QED) is 0.775. The molecule has 98 valence electrons. The molecule has 1 aliphatic rings. The fraction of sp³-hybridized carbons (Fsp3) is 0.500. The minimum Gasteiger partial charge on any atom is -0.467 e. The van der Waals surface area contributed by atoms with Crippen molar-refractivity contribution in [3.05, 3.63) is 22.3 Å². The lowest BCUT2D eigenvalue weighted by Gasteiger charge is -2.35. The Bertz CT molecular complexity index is 453. The zero-order valence-electron chi connectivity index (χ0n) is 10.4. The average molecular weight is 315 g/mol. The first-order valence-electron chi connectivity index (χ1n) is 5.68. The minimum absolute atomic E-state index is 0.301. The van der Waals surface area contributed by atoms with Crippen LogP contribution in [0.5, 0.6) is 0 Å². The van der Waals surface area contributed by atoms with E-state index in [1.54, 1.807) is 6.20 Å². The summed E-state index contributed by atoms with van der Waals surface area (Å²) >= 11 is 3.52. The molecular weight excluding hydrogens is 300 g/mol. The Kier molecular flexibility index (Phi) is 4.19. The van der Waals surface area contributed by atoms with Gasteiger partial charge < -0.3 is 14.4 Å². The number of carbonyl (C=O) groups excluding carboxylic acids is 1. The lowest BCUT2D eigenvalue weighted by atomic mass is 10.2. The van der Waals surface area contributed by atoms with Crippen LogP contribution in [-0.4, -0.2) is 43.9 Å². The Morgan fingerprint density at radius 1 is 1.67 bits per heavy atom. The maximum Gasteiger partial charge on any atom is 0.330 e. The lowest BCUT2D eigenvalue weighted by Crippen LogP contribution is -2.51. The van der Waals surface area contributed by atoms with Gasteiger partial charge in [-0.15, -0.1) is 0 Å². The molecule has 1 saturated heterocycles. The Balaban J connectivity index is 2.34. The minimum atomic E-state index is -0.436. The van der Waals surface area contributed by atoms with E-state index in [0.717, 1.165) is 15.9 Å². The van der Waals surface area contributed by atoms with E-state index in [-0.39, 0.29) is 5.97 Å². The van der Waals surface area contributed by atoms with Crippen molar-refractivity contribution in [2.24, 2.45) is 0 Å². The monoisotopic (exact) mass is 314 g/mol. The normalized spacial score (nSPS) is 19.7. The van der Waals surface area contributed by atoms with Crippen LogP contribution in [0.3, 0.4) is 0 Å². The molecule has 0 aromatic carbocycles. The van der Waals surface area contributed by atoms with Crippen molar-refractivity contribution in [1.29, 1.82) is 0 Å². The number of ether oxygens (including phenoxy) is 2. The summed E-state index contributed by atoms with van der Waals surface area (Å²) in [5.41, 5.74) is 1.08. The SMILES string of the molecule is COC(=O)C1COCCN1c1nccc(C)c1Br. The highest BCUT2D eigenvalue weighted by Gasteiger charge is 2.32. The molecule has 5 nitrogen and oxygen atoms in total. The Hall–Kier alpha value is -1.14. The Morgan fingerprint density at radius 3 is 3.17 bits per heavy atom. The second-order valence-corrected chi connectivity index (χ2v) is 4.87. The molecule has 0 radical (unpaired) electrons. The summed E-state index contributed by atoms with van der Waals surface area (Å²) in [4.78, 5) is 18.0. The predicted molar refractivity (Wildman–Crippen MR) is 70.6 cm³/mol. The molecular formula is C12H15BrN2O3. The summed E-state index contributed by atoms with van der Waals surface area (Å²) in [6, 6.07) is 1.48. The maximum atomic E-state index is 11.8. The average Bonchev–Trinajstić information content (AvgIpc) is 2.41. The number of aryl methyl sites for hydroxylation is 1. The standard InChI is InChI=1S/C12H15BrN2O3/c1-8-3-4-14-11(10(8)13)15-5-6-18-7-9(15)12(16)17-2/h3-4,9H,5-7H2,1-2H3. The number of carbonyl (C=O) groups is 1. The molecule has 2 heterocycles. The van der Waals surface area contributed by atoms with Crippen LogP contribution >= 0.6 is 15.9 Å². The largest absolute Gasteiger partial charge is 0.467 e. The van der Waals surface area contributed by atoms with Crippen LogP contribution in [-0.2, 0) is 14.3 Å². The molecule has 2 rings (SSSR count). The number of pyridine rings is 1. The zero-order chi connectivity index (χ0) is 13.1. The summed E-state index contributed by atoms with van der Waals surface area (Å²) in [6.45, 7) is 3.52. The van der Waals surface area contributed by atoms with Crippen LogP contribution in [0.1, 0.15) is 5.56 Å². The molecule has 1 unspecified atom stereocenters.